The van der Waals surface area contributed by atoms with E-state index in [1.165, 1.54) is 12.1 Å². The second-order valence-corrected chi connectivity index (χ2v) is 5.88. The van der Waals surface area contributed by atoms with Crippen LogP contribution in [0.25, 0.3) is 0 Å². The van der Waals surface area contributed by atoms with Gasteiger partial charge in [0.05, 0.1) is 4.90 Å². The van der Waals surface area contributed by atoms with Crippen molar-refractivity contribution in [1.29, 1.82) is 0 Å². The van der Waals surface area contributed by atoms with Crippen molar-refractivity contribution >= 4 is 16.0 Å². The molecule has 1 aromatic carbocycles. The van der Waals surface area contributed by atoms with E-state index in [0.717, 1.165) is 11.1 Å². The van der Waals surface area contributed by atoms with Gasteiger partial charge in [-0.15, -0.1) is 12.3 Å². The van der Waals surface area contributed by atoms with E-state index in [1.54, 1.807) is 13.0 Å². The number of hydrogen-bond acceptors (Lipinski definition) is 3. The highest BCUT2D eigenvalue weighted by Crippen LogP contribution is 2.15. The average Bonchev–Trinajstić information content (AvgIpc) is 2.31. The number of rotatable bonds is 5. The van der Waals surface area contributed by atoms with Gasteiger partial charge in [-0.05, 0) is 37.1 Å². The van der Waals surface area contributed by atoms with Gasteiger partial charge in [-0.1, -0.05) is 6.07 Å². The molecule has 6 heteroatoms. The summed E-state index contributed by atoms with van der Waals surface area (Å²) in [5.74, 6) is 0.835. The number of hydrogen-bond donors (Lipinski definition) is 2. The topological polar surface area (TPSA) is 83.5 Å². The average molecular weight is 281 g/mol. The number of aliphatic carboxylic acids is 1. The molecule has 0 heterocycles. The van der Waals surface area contributed by atoms with Crippen molar-refractivity contribution in [1.82, 2.24) is 4.72 Å². The number of carboxylic acid groups (broad SMARTS) is 1. The van der Waals surface area contributed by atoms with Crippen molar-refractivity contribution in [3.05, 3.63) is 29.3 Å². The maximum Gasteiger partial charge on any atom is 0.322 e. The van der Waals surface area contributed by atoms with Gasteiger partial charge in [0, 0.05) is 6.42 Å². The molecule has 1 atom stereocenters. The molecular formula is C13H15NO4S. The number of sulfonamides is 1. The van der Waals surface area contributed by atoms with Crippen LogP contribution >= 0.6 is 0 Å². The van der Waals surface area contributed by atoms with Gasteiger partial charge in [-0.2, -0.15) is 4.72 Å². The van der Waals surface area contributed by atoms with E-state index in [2.05, 4.69) is 10.6 Å². The lowest BCUT2D eigenvalue weighted by Gasteiger charge is -2.13. The summed E-state index contributed by atoms with van der Waals surface area (Å²) < 4.78 is 26.2. The summed E-state index contributed by atoms with van der Waals surface area (Å²) in [6.07, 6.45) is 4.81. The first-order valence-electron chi connectivity index (χ1n) is 5.54. The number of aryl methyl sites for hydroxylation is 2. The summed E-state index contributed by atoms with van der Waals surface area (Å²) in [7, 11) is -3.89. The highest BCUT2D eigenvalue weighted by atomic mass is 32.2. The van der Waals surface area contributed by atoms with E-state index >= 15 is 0 Å². The van der Waals surface area contributed by atoms with Crippen LogP contribution in [0, 0.1) is 26.2 Å². The Hall–Kier alpha value is -1.84. The molecule has 2 N–H and O–H groups in total. The zero-order valence-corrected chi connectivity index (χ0v) is 11.5. The van der Waals surface area contributed by atoms with Crippen LogP contribution in [-0.2, 0) is 14.8 Å². The van der Waals surface area contributed by atoms with Crippen molar-refractivity contribution < 1.29 is 18.3 Å². The van der Waals surface area contributed by atoms with Gasteiger partial charge in [0.15, 0.2) is 0 Å². The van der Waals surface area contributed by atoms with Crippen molar-refractivity contribution in [3.8, 4) is 12.3 Å². The number of nitrogens with one attached hydrogen (secondary N) is 1. The summed E-state index contributed by atoms with van der Waals surface area (Å²) in [5, 5.41) is 8.89. The minimum atomic E-state index is -3.89. The fourth-order valence-electron chi connectivity index (χ4n) is 1.43. The smallest absolute Gasteiger partial charge is 0.322 e. The van der Waals surface area contributed by atoms with E-state index in [4.69, 9.17) is 11.5 Å². The highest BCUT2D eigenvalue weighted by molar-refractivity contribution is 7.89. The van der Waals surface area contributed by atoms with E-state index in [1.807, 2.05) is 6.92 Å². The van der Waals surface area contributed by atoms with E-state index < -0.39 is 22.0 Å². The van der Waals surface area contributed by atoms with Gasteiger partial charge in [-0.3, -0.25) is 4.79 Å². The zero-order valence-electron chi connectivity index (χ0n) is 10.7. The van der Waals surface area contributed by atoms with Crippen molar-refractivity contribution in [2.24, 2.45) is 0 Å². The van der Waals surface area contributed by atoms with E-state index in [0.29, 0.717) is 0 Å². The number of terminal acetylenes is 1. The molecule has 19 heavy (non-hydrogen) atoms. The minimum Gasteiger partial charge on any atom is -0.480 e. The molecule has 0 radical (unpaired) electrons. The standard InChI is InChI=1S/C13H15NO4S/c1-4-5-12(13(15)16)14-19(17,18)11-7-6-9(2)10(3)8-11/h1,6-8,12,14H,5H2,2-3H3,(H,15,16). The Morgan fingerprint density at radius 2 is 2.05 bits per heavy atom. The maximum absolute atomic E-state index is 12.0. The van der Waals surface area contributed by atoms with Gasteiger partial charge in [0.2, 0.25) is 10.0 Å². The Morgan fingerprint density at radius 1 is 1.42 bits per heavy atom. The molecule has 1 aromatic rings. The Morgan fingerprint density at radius 3 is 2.53 bits per heavy atom. The van der Waals surface area contributed by atoms with Gasteiger partial charge < -0.3 is 5.11 Å². The lowest BCUT2D eigenvalue weighted by atomic mass is 10.1. The number of carboxylic acids is 1. The molecule has 0 saturated carbocycles. The molecule has 102 valence electrons. The molecular weight excluding hydrogens is 266 g/mol. The molecule has 0 amide bonds. The SMILES string of the molecule is C#CCC(NS(=O)(=O)c1ccc(C)c(C)c1)C(=O)O. The highest BCUT2D eigenvalue weighted by Gasteiger charge is 2.24. The Balaban J connectivity index is 3.07. The van der Waals surface area contributed by atoms with Crippen LogP contribution in [0.3, 0.4) is 0 Å². The quantitative estimate of drug-likeness (QED) is 0.790. The van der Waals surface area contributed by atoms with Crippen LogP contribution < -0.4 is 4.72 Å². The molecule has 0 fully saturated rings. The third-order valence-corrected chi connectivity index (χ3v) is 4.18. The minimum absolute atomic E-state index is 0.0267. The van der Waals surface area contributed by atoms with Crippen molar-refractivity contribution in [2.75, 3.05) is 0 Å². The summed E-state index contributed by atoms with van der Waals surface area (Å²) >= 11 is 0. The molecule has 0 spiro atoms. The fourth-order valence-corrected chi connectivity index (χ4v) is 2.71. The second kappa shape index (κ2) is 5.87. The lowest BCUT2D eigenvalue weighted by Crippen LogP contribution is -2.40. The van der Waals surface area contributed by atoms with Crippen molar-refractivity contribution in [2.45, 2.75) is 31.2 Å². The molecule has 5 nitrogen and oxygen atoms in total. The first kappa shape index (κ1) is 15.2. The summed E-state index contributed by atoms with van der Waals surface area (Å²) in [6, 6.07) is 3.27. The van der Waals surface area contributed by atoms with Crippen LogP contribution in [0.4, 0.5) is 0 Å². The predicted octanol–water partition coefficient (Wildman–Crippen LogP) is 1.06. The monoisotopic (exact) mass is 281 g/mol. The van der Waals surface area contributed by atoms with Gasteiger partial charge in [0.25, 0.3) is 0 Å². The van der Waals surface area contributed by atoms with Crippen LogP contribution in [0.15, 0.2) is 23.1 Å². The van der Waals surface area contributed by atoms with Gasteiger partial charge >= 0.3 is 5.97 Å². The molecule has 0 aromatic heterocycles. The number of benzene rings is 1. The van der Waals surface area contributed by atoms with Crippen LogP contribution in [0.2, 0.25) is 0 Å². The fraction of sp³-hybridized carbons (Fsp3) is 0.308. The Kier molecular flexibility index (Phi) is 4.70. The Bertz CT molecular complexity index is 629. The second-order valence-electron chi connectivity index (χ2n) is 4.17. The molecule has 1 rings (SSSR count). The van der Waals surface area contributed by atoms with Crippen molar-refractivity contribution in [3.63, 3.8) is 0 Å². The summed E-state index contributed by atoms with van der Waals surface area (Å²) in [6.45, 7) is 3.64. The normalized spacial score (nSPS) is 12.7. The third-order valence-electron chi connectivity index (χ3n) is 2.71. The molecule has 0 aliphatic carbocycles. The third kappa shape index (κ3) is 3.81. The molecule has 0 saturated heterocycles. The largest absolute Gasteiger partial charge is 0.480 e. The summed E-state index contributed by atoms with van der Waals surface area (Å²) in [4.78, 5) is 10.9. The first-order valence-corrected chi connectivity index (χ1v) is 7.02. The van der Waals surface area contributed by atoms with Crippen LogP contribution in [0.1, 0.15) is 17.5 Å². The zero-order chi connectivity index (χ0) is 14.6. The van der Waals surface area contributed by atoms with Gasteiger partial charge in [-0.25, -0.2) is 8.42 Å². The van der Waals surface area contributed by atoms with Crippen LogP contribution in [0.5, 0.6) is 0 Å². The summed E-state index contributed by atoms with van der Waals surface area (Å²) in [5.41, 5.74) is 1.77. The molecule has 0 bridgehead atoms. The molecule has 0 aliphatic heterocycles. The maximum atomic E-state index is 12.0. The van der Waals surface area contributed by atoms with E-state index in [9.17, 15) is 13.2 Å². The lowest BCUT2D eigenvalue weighted by molar-refractivity contribution is -0.138. The number of carbonyl (C=O) groups is 1. The predicted molar refractivity (Wildman–Crippen MR) is 71.1 cm³/mol. The Labute approximate surface area is 112 Å². The first-order chi connectivity index (χ1) is 8.77. The molecule has 1 unspecified atom stereocenters. The molecule has 0 aliphatic rings. The van der Waals surface area contributed by atoms with E-state index in [-0.39, 0.29) is 11.3 Å². The van der Waals surface area contributed by atoms with Crippen LogP contribution in [-0.4, -0.2) is 25.5 Å². The van der Waals surface area contributed by atoms with Gasteiger partial charge in [0.1, 0.15) is 6.04 Å².